The number of aryl methyl sites for hydroxylation is 1. The molecule has 1 saturated heterocycles. The summed E-state index contributed by atoms with van der Waals surface area (Å²) >= 11 is 1.96. The Morgan fingerprint density at radius 1 is 1.26 bits per heavy atom. The summed E-state index contributed by atoms with van der Waals surface area (Å²) in [7, 11) is 0. The number of carbonyl (C=O) groups excluding carboxylic acids is 1. The first-order valence-electron chi connectivity index (χ1n) is 8.82. The number of rotatable bonds is 4. The highest BCUT2D eigenvalue weighted by Gasteiger charge is 2.30. The van der Waals surface area contributed by atoms with Crippen molar-refractivity contribution in [1.82, 2.24) is 10.2 Å². The van der Waals surface area contributed by atoms with Crippen LogP contribution in [0.4, 0.5) is 0 Å². The third kappa shape index (κ3) is 4.32. The van der Waals surface area contributed by atoms with Crippen molar-refractivity contribution < 1.29 is 9.21 Å². The topological polar surface area (TPSA) is 45.5 Å². The van der Waals surface area contributed by atoms with E-state index >= 15 is 0 Å². The molecule has 1 aromatic rings. The highest BCUT2D eigenvalue weighted by molar-refractivity contribution is 7.99. The van der Waals surface area contributed by atoms with Crippen molar-refractivity contribution in [3.05, 3.63) is 23.7 Å². The van der Waals surface area contributed by atoms with E-state index in [1.807, 2.05) is 24.8 Å². The van der Waals surface area contributed by atoms with E-state index in [4.69, 9.17) is 4.42 Å². The number of hydrogen-bond donors (Lipinski definition) is 1. The Balaban J connectivity index is 1.45. The molecule has 0 radical (unpaired) electrons. The molecule has 1 saturated carbocycles. The van der Waals surface area contributed by atoms with Gasteiger partial charge in [0.1, 0.15) is 11.5 Å². The molecule has 128 valence electrons. The van der Waals surface area contributed by atoms with Gasteiger partial charge in [0.15, 0.2) is 0 Å². The first kappa shape index (κ1) is 16.9. The fraction of sp³-hybridized carbons (Fsp3) is 0.722. The molecule has 2 heterocycles. The maximum Gasteiger partial charge on any atom is 0.225 e. The van der Waals surface area contributed by atoms with Gasteiger partial charge in [-0.3, -0.25) is 4.79 Å². The minimum Gasteiger partial charge on any atom is -0.465 e. The third-order valence-electron chi connectivity index (χ3n) is 5.07. The Labute approximate surface area is 143 Å². The molecule has 1 aliphatic heterocycles. The monoisotopic (exact) mass is 336 g/mol. The van der Waals surface area contributed by atoms with E-state index in [9.17, 15) is 4.79 Å². The Bertz CT molecular complexity index is 517. The second kappa shape index (κ2) is 7.75. The quantitative estimate of drug-likeness (QED) is 0.916. The molecule has 2 fully saturated rings. The van der Waals surface area contributed by atoms with E-state index < -0.39 is 0 Å². The maximum absolute atomic E-state index is 12.6. The SMILES string of the molecule is Cc1ccc([C@H](C)NC2CCC(C(=O)N3CCSCC3)CC2)o1. The number of nitrogens with zero attached hydrogens (tertiary/aromatic N) is 1. The van der Waals surface area contributed by atoms with Crippen LogP contribution in [0.3, 0.4) is 0 Å². The number of furan rings is 1. The van der Waals surface area contributed by atoms with Gasteiger partial charge in [0.2, 0.25) is 5.91 Å². The van der Waals surface area contributed by atoms with E-state index in [0.717, 1.165) is 61.8 Å². The molecule has 1 aromatic heterocycles. The number of hydrogen-bond acceptors (Lipinski definition) is 4. The molecular weight excluding hydrogens is 308 g/mol. The summed E-state index contributed by atoms with van der Waals surface area (Å²) in [4.78, 5) is 14.7. The Hall–Kier alpha value is -0.940. The predicted molar refractivity (Wildman–Crippen MR) is 94.6 cm³/mol. The Morgan fingerprint density at radius 2 is 1.96 bits per heavy atom. The van der Waals surface area contributed by atoms with E-state index in [1.165, 1.54) is 0 Å². The molecular formula is C18H28N2O2S. The van der Waals surface area contributed by atoms with Crippen molar-refractivity contribution in [3.63, 3.8) is 0 Å². The average Bonchev–Trinajstić information content (AvgIpc) is 3.02. The van der Waals surface area contributed by atoms with E-state index in [1.54, 1.807) is 0 Å². The summed E-state index contributed by atoms with van der Waals surface area (Å²) in [5.41, 5.74) is 0. The number of carbonyl (C=O) groups is 1. The Morgan fingerprint density at radius 3 is 2.57 bits per heavy atom. The first-order valence-corrected chi connectivity index (χ1v) is 9.98. The van der Waals surface area contributed by atoms with Crippen LogP contribution in [0.1, 0.15) is 50.2 Å². The van der Waals surface area contributed by atoms with Crippen LogP contribution in [0, 0.1) is 12.8 Å². The lowest BCUT2D eigenvalue weighted by atomic mass is 9.84. The van der Waals surface area contributed by atoms with Crippen molar-refractivity contribution in [3.8, 4) is 0 Å². The highest BCUT2D eigenvalue weighted by atomic mass is 32.2. The molecule has 3 rings (SSSR count). The van der Waals surface area contributed by atoms with Gasteiger partial charge in [-0.25, -0.2) is 0 Å². The second-order valence-electron chi connectivity index (χ2n) is 6.82. The number of amides is 1. The van der Waals surface area contributed by atoms with Crippen molar-refractivity contribution in [2.45, 2.75) is 51.6 Å². The molecule has 4 nitrogen and oxygen atoms in total. The molecule has 1 atom stereocenters. The molecule has 1 N–H and O–H groups in total. The van der Waals surface area contributed by atoms with Crippen LogP contribution in [-0.2, 0) is 4.79 Å². The Kier molecular flexibility index (Phi) is 5.70. The van der Waals surface area contributed by atoms with Gasteiger partial charge in [-0.2, -0.15) is 11.8 Å². The van der Waals surface area contributed by atoms with E-state index in [2.05, 4.69) is 23.2 Å². The fourth-order valence-corrected chi connectivity index (χ4v) is 4.57. The molecule has 0 unspecified atom stereocenters. The molecule has 5 heteroatoms. The molecule has 2 aliphatic rings. The third-order valence-corrected chi connectivity index (χ3v) is 6.02. The minimum absolute atomic E-state index is 0.236. The van der Waals surface area contributed by atoms with Crippen molar-refractivity contribution in [1.29, 1.82) is 0 Å². The van der Waals surface area contributed by atoms with Gasteiger partial charge in [-0.05, 0) is 51.7 Å². The van der Waals surface area contributed by atoms with Gasteiger partial charge in [-0.15, -0.1) is 0 Å². The van der Waals surface area contributed by atoms with Gasteiger partial charge in [0.25, 0.3) is 0 Å². The summed E-state index contributed by atoms with van der Waals surface area (Å²) in [5, 5.41) is 3.67. The van der Waals surface area contributed by atoms with Crippen LogP contribution in [0.15, 0.2) is 16.5 Å². The largest absolute Gasteiger partial charge is 0.465 e. The molecule has 0 aromatic carbocycles. The fourth-order valence-electron chi connectivity index (χ4n) is 3.67. The summed E-state index contributed by atoms with van der Waals surface area (Å²) in [6.07, 6.45) is 4.21. The maximum atomic E-state index is 12.6. The number of nitrogens with one attached hydrogen (secondary N) is 1. The summed E-state index contributed by atoms with van der Waals surface area (Å²) in [6.45, 7) is 6.01. The van der Waals surface area contributed by atoms with Gasteiger partial charge >= 0.3 is 0 Å². The average molecular weight is 337 g/mol. The first-order chi connectivity index (χ1) is 11.1. The molecule has 0 bridgehead atoms. The molecule has 1 amide bonds. The zero-order valence-corrected chi connectivity index (χ0v) is 15.0. The van der Waals surface area contributed by atoms with Gasteiger partial charge in [-0.1, -0.05) is 0 Å². The minimum atomic E-state index is 0.236. The van der Waals surface area contributed by atoms with Crippen LogP contribution < -0.4 is 5.32 Å². The molecule has 0 spiro atoms. The van der Waals surface area contributed by atoms with Gasteiger partial charge in [0, 0.05) is 36.6 Å². The van der Waals surface area contributed by atoms with Gasteiger partial charge < -0.3 is 14.6 Å². The lowest BCUT2D eigenvalue weighted by Crippen LogP contribution is -2.44. The van der Waals surface area contributed by atoms with Crippen molar-refractivity contribution >= 4 is 17.7 Å². The van der Waals surface area contributed by atoms with E-state index in [0.29, 0.717) is 11.9 Å². The normalized spacial score (nSPS) is 27.0. The van der Waals surface area contributed by atoms with Crippen LogP contribution in [-0.4, -0.2) is 41.4 Å². The summed E-state index contributed by atoms with van der Waals surface area (Å²) in [5.74, 6) is 4.82. The van der Waals surface area contributed by atoms with Crippen LogP contribution in [0.5, 0.6) is 0 Å². The summed E-state index contributed by atoms with van der Waals surface area (Å²) < 4.78 is 5.70. The van der Waals surface area contributed by atoms with Crippen LogP contribution in [0.2, 0.25) is 0 Å². The number of thioether (sulfide) groups is 1. The predicted octanol–water partition coefficient (Wildman–Crippen LogP) is 3.37. The molecule has 23 heavy (non-hydrogen) atoms. The van der Waals surface area contributed by atoms with Gasteiger partial charge in [0.05, 0.1) is 6.04 Å². The zero-order chi connectivity index (χ0) is 16.2. The van der Waals surface area contributed by atoms with Crippen LogP contribution >= 0.6 is 11.8 Å². The van der Waals surface area contributed by atoms with E-state index in [-0.39, 0.29) is 12.0 Å². The smallest absolute Gasteiger partial charge is 0.225 e. The lowest BCUT2D eigenvalue weighted by molar-refractivity contribution is -0.136. The summed E-state index contributed by atoms with van der Waals surface area (Å²) in [6, 6.07) is 4.80. The molecule has 1 aliphatic carbocycles. The lowest BCUT2D eigenvalue weighted by Gasteiger charge is -2.34. The standard InChI is InChI=1S/C18H28N2O2S/c1-13-3-8-17(22-13)14(2)19-16-6-4-15(5-7-16)18(21)20-9-11-23-12-10-20/h3,8,14-16,19H,4-7,9-12H2,1-2H3/t14-,15?,16?/m0/s1. The van der Waals surface area contributed by atoms with Crippen LogP contribution in [0.25, 0.3) is 0 Å². The van der Waals surface area contributed by atoms with Crippen molar-refractivity contribution in [2.75, 3.05) is 24.6 Å². The second-order valence-corrected chi connectivity index (χ2v) is 8.05. The van der Waals surface area contributed by atoms with Crippen molar-refractivity contribution in [2.24, 2.45) is 5.92 Å². The zero-order valence-electron chi connectivity index (χ0n) is 14.2. The highest BCUT2D eigenvalue weighted by Crippen LogP contribution is 2.28.